The van der Waals surface area contributed by atoms with Gasteiger partial charge in [-0.15, -0.1) is 0 Å². The number of likely N-dealkylation sites (tertiary alicyclic amines) is 1. The first kappa shape index (κ1) is 22.8. The summed E-state index contributed by atoms with van der Waals surface area (Å²) in [6.45, 7) is 2.97. The van der Waals surface area contributed by atoms with E-state index in [4.69, 9.17) is 11.6 Å². The van der Waals surface area contributed by atoms with Gasteiger partial charge in [0, 0.05) is 36.4 Å². The second-order valence-corrected chi connectivity index (χ2v) is 8.29. The van der Waals surface area contributed by atoms with Crippen LogP contribution in [0.5, 0.6) is 0 Å². The number of para-hydroxylation sites is 1. The fraction of sp³-hybridized carbons (Fsp3) is 0.375. The number of nitrogens with one attached hydrogen (secondary N) is 1. The van der Waals surface area contributed by atoms with Crippen molar-refractivity contribution in [2.45, 2.75) is 26.2 Å². The van der Waals surface area contributed by atoms with Crippen LogP contribution >= 0.6 is 11.6 Å². The van der Waals surface area contributed by atoms with Crippen molar-refractivity contribution in [1.82, 2.24) is 9.80 Å². The molecular formula is C24H28ClN3O3. The van der Waals surface area contributed by atoms with Crippen molar-refractivity contribution in [3.63, 3.8) is 0 Å². The highest BCUT2D eigenvalue weighted by Crippen LogP contribution is 2.21. The predicted molar refractivity (Wildman–Crippen MR) is 122 cm³/mol. The third-order valence-electron chi connectivity index (χ3n) is 5.58. The van der Waals surface area contributed by atoms with E-state index in [0.29, 0.717) is 30.1 Å². The first-order valence-corrected chi connectivity index (χ1v) is 10.9. The lowest BCUT2D eigenvalue weighted by Gasteiger charge is -2.34. The van der Waals surface area contributed by atoms with Crippen molar-refractivity contribution in [1.29, 1.82) is 0 Å². The lowest BCUT2D eigenvalue weighted by molar-refractivity contribution is -0.138. The molecule has 7 heteroatoms. The van der Waals surface area contributed by atoms with Gasteiger partial charge in [-0.2, -0.15) is 0 Å². The Labute approximate surface area is 188 Å². The predicted octanol–water partition coefficient (Wildman–Crippen LogP) is 3.85. The van der Waals surface area contributed by atoms with Crippen LogP contribution in [0.1, 0.15) is 35.7 Å². The Balaban J connectivity index is 1.57. The second-order valence-electron chi connectivity index (χ2n) is 7.85. The molecule has 6 nitrogen and oxygen atoms in total. The maximum Gasteiger partial charge on any atom is 0.253 e. The van der Waals surface area contributed by atoms with Gasteiger partial charge in [0.05, 0.1) is 12.5 Å². The van der Waals surface area contributed by atoms with Crippen LogP contribution in [0.2, 0.25) is 5.02 Å². The SMILES string of the molecule is CCc1ccccc1NC(=O)CN(C)C(=O)C1CCCN(C(=O)c2ccc(Cl)cc2)C1. The second kappa shape index (κ2) is 10.4. The van der Waals surface area contributed by atoms with E-state index >= 15 is 0 Å². The van der Waals surface area contributed by atoms with Crippen molar-refractivity contribution in [3.05, 3.63) is 64.7 Å². The van der Waals surface area contributed by atoms with Crippen molar-refractivity contribution in [3.8, 4) is 0 Å². The minimum atomic E-state index is -0.314. The first-order chi connectivity index (χ1) is 14.9. The Kier molecular flexibility index (Phi) is 7.69. The average molecular weight is 442 g/mol. The Morgan fingerprint density at radius 3 is 2.55 bits per heavy atom. The first-order valence-electron chi connectivity index (χ1n) is 10.6. The van der Waals surface area contributed by atoms with Crippen LogP contribution in [0.25, 0.3) is 0 Å². The van der Waals surface area contributed by atoms with E-state index in [9.17, 15) is 14.4 Å². The van der Waals surface area contributed by atoms with Gasteiger partial charge in [0.2, 0.25) is 11.8 Å². The monoisotopic (exact) mass is 441 g/mol. The summed E-state index contributed by atoms with van der Waals surface area (Å²) in [5, 5.41) is 3.47. The molecule has 0 saturated carbocycles. The van der Waals surface area contributed by atoms with Crippen molar-refractivity contribution < 1.29 is 14.4 Å². The summed E-state index contributed by atoms with van der Waals surface area (Å²) >= 11 is 5.90. The molecule has 1 heterocycles. The number of hydrogen-bond donors (Lipinski definition) is 1. The van der Waals surface area contributed by atoms with Crippen LogP contribution in [0.4, 0.5) is 5.69 Å². The molecule has 1 atom stereocenters. The summed E-state index contributed by atoms with van der Waals surface area (Å²) in [4.78, 5) is 41.4. The van der Waals surface area contributed by atoms with Gasteiger partial charge in [0.15, 0.2) is 0 Å². The quantitative estimate of drug-likeness (QED) is 0.740. The van der Waals surface area contributed by atoms with Crippen LogP contribution < -0.4 is 5.32 Å². The highest BCUT2D eigenvalue weighted by atomic mass is 35.5. The van der Waals surface area contributed by atoms with Gasteiger partial charge in [-0.25, -0.2) is 0 Å². The number of carbonyl (C=O) groups excluding carboxylic acids is 3. The number of carbonyl (C=O) groups is 3. The molecule has 2 aromatic carbocycles. The molecule has 164 valence electrons. The molecule has 3 amide bonds. The third kappa shape index (κ3) is 5.85. The number of rotatable bonds is 6. The summed E-state index contributed by atoms with van der Waals surface area (Å²) in [5.41, 5.74) is 2.38. The highest BCUT2D eigenvalue weighted by Gasteiger charge is 2.31. The smallest absolute Gasteiger partial charge is 0.253 e. The Morgan fingerprint density at radius 2 is 1.84 bits per heavy atom. The van der Waals surface area contributed by atoms with Gasteiger partial charge >= 0.3 is 0 Å². The highest BCUT2D eigenvalue weighted by molar-refractivity contribution is 6.30. The molecular weight excluding hydrogens is 414 g/mol. The third-order valence-corrected chi connectivity index (χ3v) is 5.83. The standard InChI is InChI=1S/C24H28ClN3O3/c1-3-17-7-4-5-9-21(17)26-22(29)16-27(2)23(30)19-8-6-14-28(15-19)24(31)18-10-12-20(25)13-11-18/h4-5,7,9-13,19H,3,6,8,14-16H2,1-2H3,(H,26,29). The Hall–Kier alpha value is -2.86. The fourth-order valence-electron chi connectivity index (χ4n) is 3.88. The van der Waals surface area contributed by atoms with Crippen molar-refractivity contribution in [2.24, 2.45) is 5.92 Å². The molecule has 0 radical (unpaired) electrons. The molecule has 3 rings (SSSR count). The largest absolute Gasteiger partial charge is 0.338 e. The van der Waals surface area contributed by atoms with E-state index in [1.165, 1.54) is 4.90 Å². The lowest BCUT2D eigenvalue weighted by atomic mass is 9.96. The minimum Gasteiger partial charge on any atom is -0.338 e. The summed E-state index contributed by atoms with van der Waals surface area (Å²) in [7, 11) is 1.63. The molecule has 1 aliphatic heterocycles. The molecule has 0 aromatic heterocycles. The number of piperidine rings is 1. The minimum absolute atomic E-state index is 0.0293. The summed E-state index contributed by atoms with van der Waals surface area (Å²) in [6, 6.07) is 14.4. The topological polar surface area (TPSA) is 69.7 Å². The number of halogens is 1. The van der Waals surface area contributed by atoms with Gasteiger partial charge < -0.3 is 15.1 Å². The van der Waals surface area contributed by atoms with Gasteiger partial charge in [-0.05, 0) is 55.2 Å². The van der Waals surface area contributed by atoms with Crippen molar-refractivity contribution in [2.75, 3.05) is 32.0 Å². The molecule has 0 bridgehead atoms. The number of likely N-dealkylation sites (N-methyl/N-ethyl adjacent to an activating group) is 1. The zero-order valence-corrected chi connectivity index (χ0v) is 18.7. The maximum atomic E-state index is 12.9. The molecule has 1 fully saturated rings. The summed E-state index contributed by atoms with van der Waals surface area (Å²) in [5.74, 6) is -0.773. The maximum absolute atomic E-state index is 12.9. The molecule has 0 aliphatic carbocycles. The van der Waals surface area contributed by atoms with Crippen LogP contribution in [-0.2, 0) is 16.0 Å². The van der Waals surface area contributed by atoms with E-state index in [0.717, 1.165) is 24.1 Å². The number of nitrogens with zero attached hydrogens (tertiary/aromatic N) is 2. The molecule has 0 spiro atoms. The summed E-state index contributed by atoms with van der Waals surface area (Å²) in [6.07, 6.45) is 2.26. The number of benzene rings is 2. The van der Waals surface area contributed by atoms with E-state index in [-0.39, 0.29) is 30.2 Å². The molecule has 1 unspecified atom stereocenters. The molecule has 1 saturated heterocycles. The van der Waals surface area contributed by atoms with Crippen molar-refractivity contribution >= 4 is 35.0 Å². The normalized spacial score (nSPS) is 16.0. The Morgan fingerprint density at radius 1 is 1.13 bits per heavy atom. The molecule has 2 aromatic rings. The Bertz CT molecular complexity index is 945. The van der Waals surface area contributed by atoms with Crippen LogP contribution in [-0.4, -0.2) is 54.2 Å². The lowest BCUT2D eigenvalue weighted by Crippen LogP contribution is -2.47. The van der Waals surface area contributed by atoms with Crippen LogP contribution in [0.15, 0.2) is 48.5 Å². The van der Waals surface area contributed by atoms with Crippen LogP contribution in [0, 0.1) is 5.92 Å². The average Bonchev–Trinajstić information content (AvgIpc) is 2.79. The van der Waals surface area contributed by atoms with Crippen LogP contribution in [0.3, 0.4) is 0 Å². The fourth-order valence-corrected chi connectivity index (χ4v) is 4.01. The zero-order valence-electron chi connectivity index (χ0n) is 17.9. The molecule has 1 N–H and O–H groups in total. The van der Waals surface area contributed by atoms with E-state index < -0.39 is 0 Å². The van der Waals surface area contributed by atoms with E-state index in [1.807, 2.05) is 31.2 Å². The number of amides is 3. The van der Waals surface area contributed by atoms with E-state index in [2.05, 4.69) is 5.32 Å². The summed E-state index contributed by atoms with van der Waals surface area (Å²) < 4.78 is 0. The number of aryl methyl sites for hydroxylation is 1. The van der Waals surface area contributed by atoms with Gasteiger partial charge in [-0.3, -0.25) is 14.4 Å². The van der Waals surface area contributed by atoms with Gasteiger partial charge in [0.25, 0.3) is 5.91 Å². The number of anilines is 1. The zero-order chi connectivity index (χ0) is 22.4. The van der Waals surface area contributed by atoms with Gasteiger partial charge in [-0.1, -0.05) is 36.7 Å². The molecule has 31 heavy (non-hydrogen) atoms. The molecule has 1 aliphatic rings. The van der Waals surface area contributed by atoms with E-state index in [1.54, 1.807) is 36.2 Å². The van der Waals surface area contributed by atoms with Gasteiger partial charge in [0.1, 0.15) is 0 Å². The number of hydrogen-bond acceptors (Lipinski definition) is 3.